The van der Waals surface area contributed by atoms with Crippen LogP contribution in [0.25, 0.3) is 0 Å². The molecule has 2 N–H and O–H groups in total. The van der Waals surface area contributed by atoms with E-state index in [9.17, 15) is 4.79 Å². The van der Waals surface area contributed by atoms with E-state index in [1.807, 2.05) is 32.3 Å². The van der Waals surface area contributed by atoms with Crippen LogP contribution < -0.4 is 10.6 Å². The SMILES string of the molecule is CN(C)C(CNC(=O)NCCC1CCCC1)c1ccccc1. The number of likely N-dealkylation sites (N-methyl/N-ethyl adjacent to an activating group) is 1. The summed E-state index contributed by atoms with van der Waals surface area (Å²) in [6.07, 6.45) is 6.50. The second-order valence-electron chi connectivity index (χ2n) is 6.47. The van der Waals surface area contributed by atoms with Crippen LogP contribution in [0, 0.1) is 5.92 Å². The molecule has 1 atom stereocenters. The number of carbonyl (C=O) groups excluding carboxylic acids is 1. The summed E-state index contributed by atoms with van der Waals surface area (Å²) in [5, 5.41) is 5.98. The smallest absolute Gasteiger partial charge is 0.314 e. The minimum atomic E-state index is -0.0548. The van der Waals surface area contributed by atoms with Gasteiger partial charge in [0.05, 0.1) is 6.04 Å². The van der Waals surface area contributed by atoms with Crippen LogP contribution in [0.5, 0.6) is 0 Å². The van der Waals surface area contributed by atoms with E-state index < -0.39 is 0 Å². The molecule has 1 aromatic carbocycles. The number of nitrogens with zero attached hydrogens (tertiary/aromatic N) is 1. The molecule has 4 nitrogen and oxygen atoms in total. The quantitative estimate of drug-likeness (QED) is 0.812. The van der Waals surface area contributed by atoms with Crippen molar-refractivity contribution in [1.82, 2.24) is 15.5 Å². The molecule has 2 amide bonds. The van der Waals surface area contributed by atoms with Crippen molar-refractivity contribution < 1.29 is 4.79 Å². The maximum Gasteiger partial charge on any atom is 0.314 e. The first-order chi connectivity index (χ1) is 10.7. The second-order valence-corrected chi connectivity index (χ2v) is 6.47. The van der Waals surface area contributed by atoms with Crippen LogP contribution in [0.15, 0.2) is 30.3 Å². The van der Waals surface area contributed by atoms with Crippen LogP contribution in [0.1, 0.15) is 43.7 Å². The molecule has 0 radical (unpaired) electrons. The van der Waals surface area contributed by atoms with E-state index in [4.69, 9.17) is 0 Å². The van der Waals surface area contributed by atoms with Gasteiger partial charge in [-0.1, -0.05) is 56.0 Å². The largest absolute Gasteiger partial charge is 0.338 e. The van der Waals surface area contributed by atoms with Gasteiger partial charge in [-0.2, -0.15) is 0 Å². The first kappa shape index (κ1) is 16.8. The number of nitrogens with one attached hydrogen (secondary N) is 2. The minimum Gasteiger partial charge on any atom is -0.338 e. The average Bonchev–Trinajstić information content (AvgIpc) is 3.01. The average molecular weight is 303 g/mol. The van der Waals surface area contributed by atoms with Crippen molar-refractivity contribution in [2.45, 2.75) is 38.1 Å². The molecule has 0 bridgehead atoms. The molecule has 1 fully saturated rings. The van der Waals surface area contributed by atoms with Crippen molar-refractivity contribution in [2.24, 2.45) is 5.92 Å². The van der Waals surface area contributed by atoms with Gasteiger partial charge >= 0.3 is 6.03 Å². The van der Waals surface area contributed by atoms with Crippen LogP contribution in [0.4, 0.5) is 4.79 Å². The Morgan fingerprint density at radius 3 is 2.50 bits per heavy atom. The monoisotopic (exact) mass is 303 g/mol. The highest BCUT2D eigenvalue weighted by molar-refractivity contribution is 5.73. The molecule has 22 heavy (non-hydrogen) atoms. The molecule has 1 aliphatic carbocycles. The van der Waals surface area contributed by atoms with Crippen molar-refractivity contribution in [3.8, 4) is 0 Å². The van der Waals surface area contributed by atoms with E-state index in [-0.39, 0.29) is 12.1 Å². The zero-order chi connectivity index (χ0) is 15.8. The fourth-order valence-electron chi connectivity index (χ4n) is 3.21. The van der Waals surface area contributed by atoms with Gasteiger partial charge < -0.3 is 15.5 Å². The van der Waals surface area contributed by atoms with E-state index in [2.05, 4.69) is 27.7 Å². The Kier molecular flexibility index (Phi) is 6.72. The normalized spacial score (nSPS) is 16.7. The maximum absolute atomic E-state index is 11.9. The third-order valence-electron chi connectivity index (χ3n) is 4.58. The summed E-state index contributed by atoms with van der Waals surface area (Å²) < 4.78 is 0. The van der Waals surface area contributed by atoms with Gasteiger partial charge in [-0.15, -0.1) is 0 Å². The lowest BCUT2D eigenvalue weighted by Gasteiger charge is -2.25. The van der Waals surface area contributed by atoms with Crippen LogP contribution in [0.3, 0.4) is 0 Å². The zero-order valence-electron chi connectivity index (χ0n) is 13.8. The summed E-state index contributed by atoms with van der Waals surface area (Å²) in [6.45, 7) is 1.40. The first-order valence-electron chi connectivity index (χ1n) is 8.40. The summed E-state index contributed by atoms with van der Waals surface area (Å²) in [5.74, 6) is 0.819. The van der Waals surface area contributed by atoms with Gasteiger partial charge in [0.1, 0.15) is 0 Å². The van der Waals surface area contributed by atoms with Gasteiger partial charge in [0.15, 0.2) is 0 Å². The van der Waals surface area contributed by atoms with Gasteiger partial charge in [0.2, 0.25) is 0 Å². The van der Waals surface area contributed by atoms with Crippen LogP contribution in [-0.4, -0.2) is 38.1 Å². The Morgan fingerprint density at radius 2 is 1.86 bits per heavy atom. The maximum atomic E-state index is 11.9. The van der Waals surface area contributed by atoms with Crippen molar-refractivity contribution in [2.75, 3.05) is 27.2 Å². The molecule has 0 aliphatic heterocycles. The predicted octanol–water partition coefficient (Wildman–Crippen LogP) is 3.17. The molecule has 122 valence electrons. The Bertz CT molecular complexity index is 441. The first-order valence-corrected chi connectivity index (χ1v) is 8.40. The summed E-state index contributed by atoms with van der Waals surface area (Å²) in [4.78, 5) is 14.1. The summed E-state index contributed by atoms with van der Waals surface area (Å²) in [7, 11) is 4.08. The molecule has 4 heteroatoms. The van der Waals surface area contributed by atoms with Crippen LogP contribution in [-0.2, 0) is 0 Å². The molecule has 1 saturated carbocycles. The van der Waals surface area contributed by atoms with Crippen LogP contribution in [0.2, 0.25) is 0 Å². The molecule has 0 spiro atoms. The minimum absolute atomic E-state index is 0.0548. The predicted molar refractivity (Wildman–Crippen MR) is 90.8 cm³/mol. The molecule has 1 aromatic rings. The van der Waals surface area contributed by atoms with E-state index >= 15 is 0 Å². The fraction of sp³-hybridized carbons (Fsp3) is 0.611. The fourth-order valence-corrected chi connectivity index (χ4v) is 3.21. The van der Waals surface area contributed by atoms with Crippen molar-refractivity contribution >= 4 is 6.03 Å². The third-order valence-corrected chi connectivity index (χ3v) is 4.58. The van der Waals surface area contributed by atoms with Gasteiger partial charge in [-0.3, -0.25) is 0 Å². The lowest BCUT2D eigenvalue weighted by Crippen LogP contribution is -2.41. The molecule has 1 aliphatic rings. The number of urea groups is 1. The molecule has 0 saturated heterocycles. The Balaban J connectivity index is 1.71. The zero-order valence-corrected chi connectivity index (χ0v) is 13.8. The number of rotatable bonds is 7. The van der Waals surface area contributed by atoms with Gasteiger partial charge in [0, 0.05) is 13.1 Å². The van der Waals surface area contributed by atoms with Crippen molar-refractivity contribution in [3.05, 3.63) is 35.9 Å². The highest BCUT2D eigenvalue weighted by Crippen LogP contribution is 2.26. The van der Waals surface area contributed by atoms with E-state index in [0.717, 1.165) is 18.9 Å². The molecule has 0 heterocycles. The summed E-state index contributed by atoms with van der Waals surface area (Å²) >= 11 is 0. The number of benzene rings is 1. The van der Waals surface area contributed by atoms with E-state index in [1.54, 1.807) is 0 Å². The lowest BCUT2D eigenvalue weighted by atomic mass is 10.0. The number of hydrogen-bond donors (Lipinski definition) is 2. The van der Waals surface area contributed by atoms with E-state index in [0.29, 0.717) is 6.54 Å². The van der Waals surface area contributed by atoms with Crippen LogP contribution >= 0.6 is 0 Å². The highest BCUT2D eigenvalue weighted by atomic mass is 16.2. The summed E-state index contributed by atoms with van der Waals surface area (Å²) in [5.41, 5.74) is 1.22. The Morgan fingerprint density at radius 1 is 1.18 bits per heavy atom. The van der Waals surface area contributed by atoms with Gasteiger partial charge in [-0.25, -0.2) is 4.79 Å². The van der Waals surface area contributed by atoms with Crippen molar-refractivity contribution in [3.63, 3.8) is 0 Å². The number of hydrogen-bond acceptors (Lipinski definition) is 2. The molecule has 1 unspecified atom stereocenters. The van der Waals surface area contributed by atoms with Gasteiger partial charge in [-0.05, 0) is 32.0 Å². The topological polar surface area (TPSA) is 44.4 Å². The van der Waals surface area contributed by atoms with Gasteiger partial charge in [0.25, 0.3) is 0 Å². The Labute approximate surface area is 134 Å². The second kappa shape index (κ2) is 8.79. The number of amides is 2. The highest BCUT2D eigenvalue weighted by Gasteiger charge is 2.16. The number of carbonyl (C=O) groups is 1. The standard InChI is InChI=1S/C18H29N3O/c1-21(2)17(16-10-4-3-5-11-16)14-20-18(22)19-13-12-15-8-6-7-9-15/h3-5,10-11,15,17H,6-9,12-14H2,1-2H3,(H2,19,20,22). The third kappa shape index (κ3) is 5.34. The Hall–Kier alpha value is -1.55. The molecule has 2 rings (SSSR count). The lowest BCUT2D eigenvalue weighted by molar-refractivity contribution is 0.232. The molecular formula is C18H29N3O. The summed E-state index contributed by atoms with van der Waals surface area (Å²) in [6, 6.07) is 10.4. The van der Waals surface area contributed by atoms with E-state index in [1.165, 1.54) is 31.2 Å². The van der Waals surface area contributed by atoms with Crippen molar-refractivity contribution in [1.29, 1.82) is 0 Å². The molecule has 0 aromatic heterocycles. The molecular weight excluding hydrogens is 274 g/mol.